The molecule has 1 aliphatic heterocycles. The van der Waals surface area contributed by atoms with Gasteiger partial charge >= 0.3 is 17.9 Å². The predicted octanol–water partition coefficient (Wildman–Crippen LogP) is 2.21. The fourth-order valence-corrected chi connectivity index (χ4v) is 3.63. The fraction of sp³-hybridized carbons (Fsp3) is 0.333. The van der Waals surface area contributed by atoms with Crippen molar-refractivity contribution in [1.29, 1.82) is 0 Å². The van der Waals surface area contributed by atoms with E-state index in [0.29, 0.717) is 30.5 Å². The van der Waals surface area contributed by atoms with Crippen LogP contribution in [0.25, 0.3) is 0 Å². The Kier molecular flexibility index (Phi) is 8.15. The van der Waals surface area contributed by atoms with E-state index in [1.807, 2.05) is 0 Å². The third kappa shape index (κ3) is 6.17. The smallest absolute Gasteiger partial charge is 0.341 e. The second-order valence-electron chi connectivity index (χ2n) is 7.64. The number of ether oxygens (including phenoxy) is 2. The molecular formula is C24H26N2O7. The van der Waals surface area contributed by atoms with Gasteiger partial charge in [0, 0.05) is 13.1 Å². The van der Waals surface area contributed by atoms with Crippen molar-refractivity contribution in [2.24, 2.45) is 0 Å². The van der Waals surface area contributed by atoms with Gasteiger partial charge in [-0.3, -0.25) is 4.79 Å². The molecular weight excluding hydrogens is 428 g/mol. The van der Waals surface area contributed by atoms with Crippen LogP contribution in [0, 0.1) is 0 Å². The molecule has 0 bridgehead atoms. The highest BCUT2D eigenvalue weighted by Gasteiger charge is 2.35. The highest BCUT2D eigenvalue weighted by molar-refractivity contribution is 5.92. The largest absolute Gasteiger partial charge is 0.480 e. The highest BCUT2D eigenvalue weighted by Crippen LogP contribution is 2.19. The summed E-state index contributed by atoms with van der Waals surface area (Å²) in [6, 6.07) is 13.6. The number of likely N-dealkylation sites (tertiary alicyclic amines) is 1. The molecule has 0 saturated carbocycles. The van der Waals surface area contributed by atoms with Gasteiger partial charge in [0.15, 0.2) is 0 Å². The van der Waals surface area contributed by atoms with Crippen LogP contribution in [0.1, 0.15) is 46.0 Å². The van der Waals surface area contributed by atoms with Crippen LogP contribution >= 0.6 is 0 Å². The first-order valence-electron chi connectivity index (χ1n) is 10.6. The van der Waals surface area contributed by atoms with E-state index in [2.05, 4.69) is 5.32 Å². The number of carbonyl (C=O) groups excluding carboxylic acids is 3. The number of carbonyl (C=O) groups is 4. The molecule has 0 spiro atoms. The number of esters is 2. The molecule has 1 aliphatic rings. The van der Waals surface area contributed by atoms with E-state index < -0.39 is 36.8 Å². The van der Waals surface area contributed by atoms with Crippen LogP contribution in [0.4, 0.5) is 0 Å². The molecule has 0 unspecified atom stereocenters. The second kappa shape index (κ2) is 11.2. The maximum atomic E-state index is 12.7. The first kappa shape index (κ1) is 23.9. The van der Waals surface area contributed by atoms with E-state index in [9.17, 15) is 24.3 Å². The third-order valence-corrected chi connectivity index (χ3v) is 5.42. The standard InChI is InChI=1S/C24H26N2O7/c1-16(21(27)26-13-7-12-20(26)22(28)29)25-14-18-10-5-6-11-19(18)24(31)33-15-32-23(30)17-8-3-2-4-9-17/h2-6,8-11,16,20,25H,7,12-15H2,1H3,(H,28,29)/t16-,20-/m0/s1. The van der Waals surface area contributed by atoms with Crippen molar-refractivity contribution in [3.63, 3.8) is 0 Å². The number of nitrogens with one attached hydrogen (secondary N) is 1. The summed E-state index contributed by atoms with van der Waals surface area (Å²) in [6.45, 7) is 1.72. The van der Waals surface area contributed by atoms with Crippen LogP contribution < -0.4 is 5.32 Å². The van der Waals surface area contributed by atoms with Gasteiger partial charge in [0.1, 0.15) is 6.04 Å². The molecule has 2 atom stereocenters. The average Bonchev–Trinajstić information content (AvgIpc) is 3.33. The lowest BCUT2D eigenvalue weighted by molar-refractivity contribution is -0.148. The first-order chi connectivity index (χ1) is 15.9. The lowest BCUT2D eigenvalue weighted by atomic mass is 10.1. The van der Waals surface area contributed by atoms with Gasteiger partial charge in [0.2, 0.25) is 12.7 Å². The monoisotopic (exact) mass is 454 g/mol. The minimum atomic E-state index is -1.01. The Bertz CT molecular complexity index is 1010. The molecule has 1 amide bonds. The molecule has 9 heteroatoms. The van der Waals surface area contributed by atoms with Gasteiger partial charge in [-0.25, -0.2) is 14.4 Å². The van der Waals surface area contributed by atoms with Crippen LogP contribution in [-0.4, -0.2) is 59.2 Å². The zero-order valence-corrected chi connectivity index (χ0v) is 18.2. The predicted molar refractivity (Wildman–Crippen MR) is 117 cm³/mol. The van der Waals surface area contributed by atoms with Crippen LogP contribution in [0.2, 0.25) is 0 Å². The Morgan fingerprint density at radius 1 is 1.03 bits per heavy atom. The van der Waals surface area contributed by atoms with Crippen molar-refractivity contribution in [3.8, 4) is 0 Å². The molecule has 0 aromatic heterocycles. The Morgan fingerprint density at radius 2 is 1.70 bits per heavy atom. The van der Waals surface area contributed by atoms with Crippen LogP contribution in [0.15, 0.2) is 54.6 Å². The SMILES string of the molecule is C[C@H](NCc1ccccc1C(=O)OCOC(=O)c1ccccc1)C(=O)N1CCC[C@H]1C(=O)O. The van der Waals surface area contributed by atoms with E-state index >= 15 is 0 Å². The van der Waals surface area contributed by atoms with Gasteiger partial charge in [0.05, 0.1) is 17.2 Å². The van der Waals surface area contributed by atoms with Gasteiger partial charge in [0.25, 0.3) is 0 Å². The summed E-state index contributed by atoms with van der Waals surface area (Å²) in [7, 11) is 0. The zero-order chi connectivity index (χ0) is 23.8. The van der Waals surface area contributed by atoms with Gasteiger partial charge in [-0.2, -0.15) is 0 Å². The molecule has 0 aliphatic carbocycles. The Morgan fingerprint density at radius 3 is 2.42 bits per heavy atom. The Labute approximate surface area is 191 Å². The number of carboxylic acid groups (broad SMARTS) is 1. The molecule has 174 valence electrons. The van der Waals surface area contributed by atoms with Crippen molar-refractivity contribution < 1.29 is 33.8 Å². The number of amides is 1. The van der Waals surface area contributed by atoms with Crippen molar-refractivity contribution in [1.82, 2.24) is 10.2 Å². The van der Waals surface area contributed by atoms with E-state index in [1.54, 1.807) is 61.5 Å². The molecule has 1 fully saturated rings. The van der Waals surface area contributed by atoms with E-state index in [-0.39, 0.29) is 18.0 Å². The molecule has 1 heterocycles. The molecule has 2 aromatic rings. The summed E-state index contributed by atoms with van der Waals surface area (Å²) in [5.74, 6) is -2.58. The van der Waals surface area contributed by atoms with Crippen LogP contribution in [-0.2, 0) is 25.6 Å². The maximum absolute atomic E-state index is 12.7. The van der Waals surface area contributed by atoms with Gasteiger partial charge in [-0.05, 0) is 43.5 Å². The van der Waals surface area contributed by atoms with Crippen molar-refractivity contribution >= 4 is 23.8 Å². The quantitative estimate of drug-likeness (QED) is 0.437. The molecule has 2 N–H and O–H groups in total. The normalized spacial score (nSPS) is 16.2. The van der Waals surface area contributed by atoms with Crippen LogP contribution in [0.5, 0.6) is 0 Å². The fourth-order valence-electron chi connectivity index (χ4n) is 3.63. The van der Waals surface area contributed by atoms with E-state index in [1.165, 1.54) is 4.90 Å². The minimum Gasteiger partial charge on any atom is -0.480 e. The van der Waals surface area contributed by atoms with Crippen molar-refractivity contribution in [2.75, 3.05) is 13.3 Å². The lowest BCUT2D eigenvalue weighted by Crippen LogP contribution is -2.48. The summed E-state index contributed by atoms with van der Waals surface area (Å²) < 4.78 is 10.1. The molecule has 2 aromatic carbocycles. The van der Waals surface area contributed by atoms with Crippen LogP contribution in [0.3, 0.4) is 0 Å². The second-order valence-corrected chi connectivity index (χ2v) is 7.64. The Balaban J connectivity index is 1.54. The molecule has 9 nitrogen and oxygen atoms in total. The lowest BCUT2D eigenvalue weighted by Gasteiger charge is -2.25. The number of benzene rings is 2. The molecule has 1 saturated heterocycles. The summed E-state index contributed by atoms with van der Waals surface area (Å²) in [5, 5.41) is 12.3. The number of hydrogen-bond donors (Lipinski definition) is 2. The zero-order valence-electron chi connectivity index (χ0n) is 18.2. The van der Waals surface area contributed by atoms with Gasteiger partial charge in [-0.1, -0.05) is 36.4 Å². The molecule has 33 heavy (non-hydrogen) atoms. The first-order valence-corrected chi connectivity index (χ1v) is 10.6. The summed E-state index contributed by atoms with van der Waals surface area (Å²) in [6.07, 6.45) is 1.09. The molecule has 0 radical (unpaired) electrons. The average molecular weight is 454 g/mol. The van der Waals surface area contributed by atoms with Crippen molar-refractivity contribution in [3.05, 3.63) is 71.3 Å². The number of hydrogen-bond acceptors (Lipinski definition) is 7. The van der Waals surface area contributed by atoms with E-state index in [0.717, 1.165) is 0 Å². The maximum Gasteiger partial charge on any atom is 0.341 e. The highest BCUT2D eigenvalue weighted by atomic mass is 16.7. The van der Waals surface area contributed by atoms with E-state index in [4.69, 9.17) is 9.47 Å². The summed E-state index contributed by atoms with van der Waals surface area (Å²) in [5.41, 5.74) is 1.21. The third-order valence-electron chi connectivity index (χ3n) is 5.42. The number of rotatable bonds is 9. The topological polar surface area (TPSA) is 122 Å². The van der Waals surface area contributed by atoms with Crippen molar-refractivity contribution in [2.45, 2.75) is 38.4 Å². The summed E-state index contributed by atoms with van der Waals surface area (Å²) in [4.78, 5) is 49.9. The Hall–Kier alpha value is -3.72. The summed E-state index contributed by atoms with van der Waals surface area (Å²) >= 11 is 0. The van der Waals surface area contributed by atoms with Gasteiger partial charge in [-0.15, -0.1) is 0 Å². The number of nitrogens with zero attached hydrogens (tertiary/aromatic N) is 1. The number of carboxylic acids is 1. The minimum absolute atomic E-state index is 0.188. The molecule has 3 rings (SSSR count). The van der Waals surface area contributed by atoms with Gasteiger partial charge < -0.3 is 24.8 Å². The number of aliphatic carboxylic acids is 1.